The average molecular weight is 455 g/mol. The van der Waals surface area contributed by atoms with Crippen LogP contribution in [-0.2, 0) is 12.8 Å². The first-order valence-electron chi connectivity index (χ1n) is 8.28. The minimum Gasteiger partial charge on any atom is -0.494 e. The van der Waals surface area contributed by atoms with E-state index < -0.39 is 0 Å². The summed E-state index contributed by atoms with van der Waals surface area (Å²) in [6.45, 7) is 1.09. The molecule has 6 heteroatoms. The van der Waals surface area contributed by atoms with Gasteiger partial charge in [-0.15, -0.1) is 24.0 Å². The third kappa shape index (κ3) is 5.88. The third-order valence-corrected chi connectivity index (χ3v) is 4.04. The number of anilines is 1. The lowest BCUT2D eigenvalue weighted by atomic mass is 10.1. The Kier molecular flexibility index (Phi) is 7.49. The fourth-order valence-electron chi connectivity index (χ4n) is 2.82. The van der Waals surface area contributed by atoms with E-state index in [0.717, 1.165) is 18.5 Å². The first-order chi connectivity index (χ1) is 11.7. The quantitative estimate of drug-likeness (QED) is 0.298. The van der Waals surface area contributed by atoms with Crippen LogP contribution in [0.3, 0.4) is 0 Å². The Morgan fingerprint density at radius 3 is 2.68 bits per heavy atom. The average Bonchev–Trinajstić information content (AvgIpc) is 3.04. The normalized spacial score (nSPS) is 13.1. The van der Waals surface area contributed by atoms with Gasteiger partial charge in [-0.05, 0) is 66.8 Å². The lowest BCUT2D eigenvalue weighted by Gasteiger charge is -2.08. The number of benzene rings is 2. The molecule has 0 saturated heterocycles. The van der Waals surface area contributed by atoms with Gasteiger partial charge in [-0.1, -0.05) is 6.07 Å². The Morgan fingerprint density at radius 2 is 1.88 bits per heavy atom. The first-order valence-corrected chi connectivity index (χ1v) is 8.28. The highest BCUT2D eigenvalue weighted by atomic mass is 127. The minimum atomic E-state index is -0.266. The van der Waals surface area contributed by atoms with E-state index in [4.69, 9.17) is 10.5 Å². The number of hydrogen-bond donors (Lipinski definition) is 2. The molecule has 3 rings (SSSR count). The summed E-state index contributed by atoms with van der Waals surface area (Å²) in [5.41, 5.74) is 9.75. The van der Waals surface area contributed by atoms with Crippen molar-refractivity contribution in [2.75, 3.05) is 18.5 Å². The maximum Gasteiger partial charge on any atom is 0.193 e. The van der Waals surface area contributed by atoms with Crippen molar-refractivity contribution in [3.63, 3.8) is 0 Å². The molecule has 0 bridgehead atoms. The zero-order chi connectivity index (χ0) is 16.8. The summed E-state index contributed by atoms with van der Waals surface area (Å²) in [6, 6.07) is 12.4. The summed E-state index contributed by atoms with van der Waals surface area (Å²) in [6.07, 6.45) is 4.29. The highest BCUT2D eigenvalue weighted by Crippen LogP contribution is 2.24. The summed E-state index contributed by atoms with van der Waals surface area (Å²) >= 11 is 0. The van der Waals surface area contributed by atoms with Crippen molar-refractivity contribution in [3.8, 4) is 5.75 Å². The van der Waals surface area contributed by atoms with Gasteiger partial charge in [0.05, 0.1) is 6.61 Å². The van der Waals surface area contributed by atoms with E-state index in [1.54, 1.807) is 12.1 Å². The number of nitrogens with zero attached hydrogens (tertiary/aromatic N) is 1. The van der Waals surface area contributed by atoms with Crippen molar-refractivity contribution in [1.82, 2.24) is 0 Å². The lowest BCUT2D eigenvalue weighted by molar-refractivity contribution is 0.313. The molecule has 25 heavy (non-hydrogen) atoms. The molecule has 134 valence electrons. The SMILES string of the molecule is I.NC(=NCCCOc1ccc(F)cc1)Nc1ccc2c(c1)CCC2. The fraction of sp³-hybridized carbons (Fsp3) is 0.316. The van der Waals surface area contributed by atoms with Gasteiger partial charge >= 0.3 is 0 Å². The standard InChI is InChI=1S/C19H22FN3O.HI/c20-16-6-9-18(10-7-16)24-12-2-11-22-19(21)23-17-8-5-14-3-1-4-15(14)13-17;/h5-10,13H,1-4,11-12H2,(H3,21,22,23);1H. The molecule has 0 aliphatic heterocycles. The van der Waals surface area contributed by atoms with Gasteiger partial charge in [-0.25, -0.2) is 4.39 Å². The van der Waals surface area contributed by atoms with Crippen LogP contribution < -0.4 is 15.8 Å². The van der Waals surface area contributed by atoms with Gasteiger partial charge in [0.25, 0.3) is 0 Å². The zero-order valence-electron chi connectivity index (χ0n) is 14.0. The highest BCUT2D eigenvalue weighted by Gasteiger charge is 2.10. The number of nitrogens with two attached hydrogens (primary N) is 1. The van der Waals surface area contributed by atoms with Crippen molar-refractivity contribution in [1.29, 1.82) is 0 Å². The highest BCUT2D eigenvalue weighted by molar-refractivity contribution is 14.0. The second kappa shape index (κ2) is 9.60. The molecule has 2 aromatic rings. The number of aryl methyl sites for hydroxylation is 2. The van der Waals surface area contributed by atoms with Crippen LogP contribution in [0.5, 0.6) is 5.75 Å². The second-order valence-electron chi connectivity index (χ2n) is 5.88. The topological polar surface area (TPSA) is 59.6 Å². The number of halogens is 2. The van der Waals surface area contributed by atoms with Gasteiger partial charge < -0.3 is 15.8 Å². The second-order valence-corrected chi connectivity index (χ2v) is 5.88. The molecule has 2 aromatic carbocycles. The Hall–Kier alpha value is -1.83. The fourth-order valence-corrected chi connectivity index (χ4v) is 2.82. The number of guanidine groups is 1. The maximum atomic E-state index is 12.8. The Balaban J connectivity index is 0.00000225. The van der Waals surface area contributed by atoms with Crippen molar-refractivity contribution < 1.29 is 9.13 Å². The molecular formula is C19H23FIN3O. The van der Waals surface area contributed by atoms with Crippen LogP contribution in [0.2, 0.25) is 0 Å². The van der Waals surface area contributed by atoms with Crippen LogP contribution >= 0.6 is 24.0 Å². The zero-order valence-corrected chi connectivity index (χ0v) is 16.3. The Labute approximate surface area is 164 Å². The van der Waals surface area contributed by atoms with Crippen LogP contribution in [0.4, 0.5) is 10.1 Å². The number of rotatable bonds is 6. The predicted octanol–water partition coefficient (Wildman–Crippen LogP) is 4.13. The van der Waals surface area contributed by atoms with E-state index in [-0.39, 0.29) is 29.8 Å². The summed E-state index contributed by atoms with van der Waals surface area (Å²) in [5, 5.41) is 3.13. The largest absolute Gasteiger partial charge is 0.494 e. The molecule has 0 saturated carbocycles. The van der Waals surface area contributed by atoms with Gasteiger partial charge in [0, 0.05) is 18.7 Å². The molecule has 0 fully saturated rings. The molecule has 0 atom stereocenters. The van der Waals surface area contributed by atoms with Crippen LogP contribution in [0, 0.1) is 5.82 Å². The Morgan fingerprint density at radius 1 is 1.12 bits per heavy atom. The molecule has 0 radical (unpaired) electrons. The van der Waals surface area contributed by atoms with Gasteiger partial charge in [0.1, 0.15) is 11.6 Å². The van der Waals surface area contributed by atoms with Crippen molar-refractivity contribution in [2.45, 2.75) is 25.7 Å². The summed E-state index contributed by atoms with van der Waals surface area (Å²) in [5.74, 6) is 0.802. The summed E-state index contributed by atoms with van der Waals surface area (Å²) in [7, 11) is 0. The van der Waals surface area contributed by atoms with E-state index >= 15 is 0 Å². The number of nitrogens with one attached hydrogen (secondary N) is 1. The van der Waals surface area contributed by atoms with Crippen LogP contribution in [0.25, 0.3) is 0 Å². The maximum absolute atomic E-state index is 12.8. The van der Waals surface area contributed by atoms with Gasteiger partial charge in [0.2, 0.25) is 0 Å². The number of aliphatic imine (C=N–C) groups is 1. The molecule has 1 aliphatic rings. The Bertz CT molecular complexity index is 719. The molecular weight excluding hydrogens is 432 g/mol. The van der Waals surface area contributed by atoms with Gasteiger partial charge in [-0.2, -0.15) is 0 Å². The summed E-state index contributed by atoms with van der Waals surface area (Å²) < 4.78 is 18.3. The van der Waals surface area contributed by atoms with E-state index in [1.807, 2.05) is 6.07 Å². The molecule has 1 aliphatic carbocycles. The monoisotopic (exact) mass is 455 g/mol. The molecule has 0 amide bonds. The van der Waals surface area contributed by atoms with Gasteiger partial charge in [-0.3, -0.25) is 4.99 Å². The van der Waals surface area contributed by atoms with Gasteiger partial charge in [0.15, 0.2) is 5.96 Å². The third-order valence-electron chi connectivity index (χ3n) is 4.04. The van der Waals surface area contributed by atoms with E-state index in [2.05, 4.69) is 22.4 Å². The number of ether oxygens (including phenoxy) is 1. The molecule has 0 heterocycles. The van der Waals surface area contributed by atoms with E-state index in [0.29, 0.717) is 24.9 Å². The van der Waals surface area contributed by atoms with E-state index in [9.17, 15) is 4.39 Å². The van der Waals surface area contributed by atoms with Crippen molar-refractivity contribution >= 4 is 35.6 Å². The van der Waals surface area contributed by atoms with Crippen molar-refractivity contribution in [2.24, 2.45) is 10.7 Å². The molecule has 0 aromatic heterocycles. The number of hydrogen-bond acceptors (Lipinski definition) is 2. The lowest BCUT2D eigenvalue weighted by Crippen LogP contribution is -2.23. The van der Waals surface area contributed by atoms with Crippen LogP contribution in [0.15, 0.2) is 47.5 Å². The summed E-state index contributed by atoms with van der Waals surface area (Å²) in [4.78, 5) is 4.30. The molecule has 0 spiro atoms. The molecule has 3 N–H and O–H groups in total. The number of fused-ring (bicyclic) bond motifs is 1. The molecule has 0 unspecified atom stereocenters. The van der Waals surface area contributed by atoms with Crippen LogP contribution in [-0.4, -0.2) is 19.1 Å². The predicted molar refractivity (Wildman–Crippen MR) is 111 cm³/mol. The molecule has 4 nitrogen and oxygen atoms in total. The minimum absolute atomic E-state index is 0. The van der Waals surface area contributed by atoms with Crippen LogP contribution in [0.1, 0.15) is 24.0 Å². The smallest absolute Gasteiger partial charge is 0.193 e. The first kappa shape index (κ1) is 19.5. The van der Waals surface area contributed by atoms with E-state index in [1.165, 1.54) is 36.1 Å². The van der Waals surface area contributed by atoms with Crippen molar-refractivity contribution in [3.05, 3.63) is 59.4 Å².